The van der Waals surface area contributed by atoms with E-state index in [1.54, 1.807) is 7.11 Å². The average molecular weight is 352 g/mol. The number of nitrogens with one attached hydrogen (secondary N) is 2. The highest BCUT2D eigenvalue weighted by Gasteiger charge is 2.13. The molecule has 0 aliphatic carbocycles. The van der Waals surface area contributed by atoms with Gasteiger partial charge in [-0.05, 0) is 47.9 Å². The summed E-state index contributed by atoms with van der Waals surface area (Å²) in [5.74, 6) is 2.31. The van der Waals surface area contributed by atoms with Crippen LogP contribution in [0.2, 0.25) is 0 Å². The molecule has 0 spiro atoms. The van der Waals surface area contributed by atoms with Gasteiger partial charge in [-0.1, -0.05) is 6.07 Å². The van der Waals surface area contributed by atoms with Crippen LogP contribution in [0.15, 0.2) is 42.6 Å². The Morgan fingerprint density at radius 2 is 2.08 bits per heavy atom. The Bertz CT molecular complexity index is 948. The lowest BCUT2D eigenvalue weighted by Crippen LogP contribution is -2.27. The number of aromatic amines is 1. The molecule has 1 aliphatic rings. The SMILES string of the molecule is COc1ccc2[nH]cc(CC(=O)NCCc3ccc4c(c3)OCO4)c2c1. The zero-order chi connectivity index (χ0) is 17.9. The number of rotatable bonds is 6. The van der Waals surface area contributed by atoms with Crippen molar-refractivity contribution in [2.45, 2.75) is 12.8 Å². The molecule has 0 unspecified atom stereocenters. The minimum Gasteiger partial charge on any atom is -0.497 e. The van der Waals surface area contributed by atoms with Crippen LogP contribution in [-0.4, -0.2) is 31.3 Å². The van der Waals surface area contributed by atoms with Gasteiger partial charge in [-0.25, -0.2) is 0 Å². The highest BCUT2D eigenvalue weighted by Crippen LogP contribution is 2.32. The van der Waals surface area contributed by atoms with Crippen LogP contribution in [0.5, 0.6) is 17.2 Å². The van der Waals surface area contributed by atoms with Gasteiger partial charge in [-0.15, -0.1) is 0 Å². The molecule has 0 radical (unpaired) electrons. The van der Waals surface area contributed by atoms with Gasteiger partial charge in [-0.2, -0.15) is 0 Å². The number of ether oxygens (including phenoxy) is 3. The minimum atomic E-state index is -0.00513. The lowest BCUT2D eigenvalue weighted by Gasteiger charge is -2.06. The van der Waals surface area contributed by atoms with Gasteiger partial charge in [0.05, 0.1) is 13.5 Å². The van der Waals surface area contributed by atoms with Crippen molar-refractivity contribution in [3.8, 4) is 17.2 Å². The van der Waals surface area contributed by atoms with Crippen LogP contribution in [0, 0.1) is 0 Å². The van der Waals surface area contributed by atoms with Crippen molar-refractivity contribution in [2.24, 2.45) is 0 Å². The van der Waals surface area contributed by atoms with E-state index >= 15 is 0 Å². The molecule has 1 aliphatic heterocycles. The first-order valence-corrected chi connectivity index (χ1v) is 8.52. The largest absolute Gasteiger partial charge is 0.497 e. The van der Waals surface area contributed by atoms with Crippen molar-refractivity contribution in [3.05, 3.63) is 53.7 Å². The molecule has 1 aromatic heterocycles. The number of methoxy groups -OCH3 is 1. The first-order chi connectivity index (χ1) is 12.7. The smallest absolute Gasteiger partial charge is 0.231 e. The molecule has 2 heterocycles. The Hall–Kier alpha value is -3.15. The summed E-state index contributed by atoms with van der Waals surface area (Å²) in [6.07, 6.45) is 2.94. The molecule has 4 rings (SSSR count). The highest BCUT2D eigenvalue weighted by molar-refractivity contribution is 5.89. The van der Waals surface area contributed by atoms with Gasteiger partial charge in [0, 0.05) is 23.6 Å². The second-order valence-electron chi connectivity index (χ2n) is 6.19. The van der Waals surface area contributed by atoms with E-state index in [0.29, 0.717) is 13.0 Å². The van der Waals surface area contributed by atoms with Crippen molar-refractivity contribution < 1.29 is 19.0 Å². The van der Waals surface area contributed by atoms with Crippen molar-refractivity contribution >= 4 is 16.8 Å². The molecule has 2 aromatic carbocycles. The quantitative estimate of drug-likeness (QED) is 0.716. The summed E-state index contributed by atoms with van der Waals surface area (Å²) < 4.78 is 15.9. The summed E-state index contributed by atoms with van der Waals surface area (Å²) in [6, 6.07) is 11.6. The number of benzene rings is 2. The summed E-state index contributed by atoms with van der Waals surface area (Å²) in [5.41, 5.74) is 3.06. The van der Waals surface area contributed by atoms with Crippen LogP contribution in [0.25, 0.3) is 10.9 Å². The molecule has 1 amide bonds. The topological polar surface area (TPSA) is 72.6 Å². The maximum atomic E-state index is 12.3. The molecule has 6 heteroatoms. The number of aromatic nitrogens is 1. The lowest BCUT2D eigenvalue weighted by atomic mass is 10.1. The number of carbonyl (C=O) groups is 1. The summed E-state index contributed by atoms with van der Waals surface area (Å²) in [4.78, 5) is 15.5. The van der Waals surface area contributed by atoms with Gasteiger partial charge >= 0.3 is 0 Å². The van der Waals surface area contributed by atoms with Crippen LogP contribution in [-0.2, 0) is 17.6 Å². The molecule has 26 heavy (non-hydrogen) atoms. The molecule has 3 aromatic rings. The van der Waals surface area contributed by atoms with Crippen LogP contribution in [0.3, 0.4) is 0 Å². The lowest BCUT2D eigenvalue weighted by molar-refractivity contribution is -0.120. The van der Waals surface area contributed by atoms with Gasteiger partial charge in [0.25, 0.3) is 0 Å². The van der Waals surface area contributed by atoms with Crippen molar-refractivity contribution in [1.82, 2.24) is 10.3 Å². The Morgan fingerprint density at radius 3 is 2.96 bits per heavy atom. The first kappa shape index (κ1) is 16.3. The van der Waals surface area contributed by atoms with Gasteiger partial charge in [0.15, 0.2) is 11.5 Å². The second-order valence-corrected chi connectivity index (χ2v) is 6.19. The summed E-state index contributed by atoms with van der Waals surface area (Å²) in [6.45, 7) is 0.842. The van der Waals surface area contributed by atoms with E-state index in [1.165, 1.54) is 0 Å². The summed E-state index contributed by atoms with van der Waals surface area (Å²) in [7, 11) is 1.64. The van der Waals surface area contributed by atoms with Crippen LogP contribution < -0.4 is 19.5 Å². The molecule has 0 bridgehead atoms. The van der Waals surface area contributed by atoms with Crippen LogP contribution >= 0.6 is 0 Å². The summed E-state index contributed by atoms with van der Waals surface area (Å²) in [5, 5.41) is 3.98. The molecule has 134 valence electrons. The maximum Gasteiger partial charge on any atom is 0.231 e. The monoisotopic (exact) mass is 352 g/mol. The van der Waals surface area contributed by atoms with E-state index in [4.69, 9.17) is 14.2 Å². The molecule has 6 nitrogen and oxygen atoms in total. The average Bonchev–Trinajstić information content (AvgIpc) is 3.28. The Morgan fingerprint density at radius 1 is 1.19 bits per heavy atom. The molecule has 0 atom stereocenters. The zero-order valence-corrected chi connectivity index (χ0v) is 14.5. The molecule has 2 N–H and O–H groups in total. The number of hydrogen-bond donors (Lipinski definition) is 2. The third-order valence-corrected chi connectivity index (χ3v) is 4.50. The number of carbonyl (C=O) groups excluding carboxylic acids is 1. The number of H-pyrrole nitrogens is 1. The third kappa shape index (κ3) is 3.31. The fourth-order valence-electron chi connectivity index (χ4n) is 3.11. The number of hydrogen-bond acceptors (Lipinski definition) is 4. The number of fused-ring (bicyclic) bond motifs is 2. The first-order valence-electron chi connectivity index (χ1n) is 8.52. The predicted octanol–water partition coefficient (Wildman–Crippen LogP) is 2.81. The van der Waals surface area contributed by atoms with Crippen LogP contribution in [0.1, 0.15) is 11.1 Å². The van der Waals surface area contributed by atoms with E-state index in [9.17, 15) is 4.79 Å². The van der Waals surface area contributed by atoms with Gasteiger partial charge < -0.3 is 24.5 Å². The minimum absolute atomic E-state index is 0.00513. The van der Waals surface area contributed by atoms with E-state index in [1.807, 2.05) is 42.6 Å². The van der Waals surface area contributed by atoms with Gasteiger partial charge in [-0.3, -0.25) is 4.79 Å². The molecule has 0 saturated carbocycles. The Balaban J connectivity index is 1.34. The van der Waals surface area contributed by atoms with E-state index in [2.05, 4.69) is 10.3 Å². The highest BCUT2D eigenvalue weighted by atomic mass is 16.7. The molecule has 0 fully saturated rings. The molecule has 0 saturated heterocycles. The van der Waals surface area contributed by atoms with Crippen molar-refractivity contribution in [3.63, 3.8) is 0 Å². The third-order valence-electron chi connectivity index (χ3n) is 4.50. The van der Waals surface area contributed by atoms with Crippen LogP contribution in [0.4, 0.5) is 0 Å². The van der Waals surface area contributed by atoms with E-state index in [-0.39, 0.29) is 12.7 Å². The van der Waals surface area contributed by atoms with E-state index < -0.39 is 0 Å². The van der Waals surface area contributed by atoms with E-state index in [0.717, 1.165) is 45.7 Å². The Labute approximate surface area is 151 Å². The van der Waals surface area contributed by atoms with Crippen molar-refractivity contribution in [1.29, 1.82) is 0 Å². The predicted molar refractivity (Wildman–Crippen MR) is 97.8 cm³/mol. The Kier molecular flexibility index (Phi) is 4.39. The molecular formula is C20H20N2O4. The fourth-order valence-corrected chi connectivity index (χ4v) is 3.11. The zero-order valence-electron chi connectivity index (χ0n) is 14.5. The summed E-state index contributed by atoms with van der Waals surface area (Å²) >= 11 is 0. The van der Waals surface area contributed by atoms with Gasteiger partial charge in [0.2, 0.25) is 12.7 Å². The maximum absolute atomic E-state index is 12.3. The normalized spacial score (nSPS) is 12.3. The van der Waals surface area contributed by atoms with Gasteiger partial charge in [0.1, 0.15) is 5.75 Å². The number of amides is 1. The fraction of sp³-hybridized carbons (Fsp3) is 0.250. The molecular weight excluding hydrogens is 332 g/mol. The standard InChI is InChI=1S/C20H20N2O4/c1-24-15-3-4-17-16(10-15)14(11-22-17)9-20(23)21-7-6-13-2-5-18-19(8-13)26-12-25-18/h2-5,8,10-11,22H,6-7,9,12H2,1H3,(H,21,23). The second kappa shape index (κ2) is 7.00. The van der Waals surface area contributed by atoms with Crippen molar-refractivity contribution in [2.75, 3.05) is 20.4 Å².